The highest BCUT2D eigenvalue weighted by atomic mass is 16.3. The smallest absolute Gasteiger partial charge is 0.293 e. The van der Waals surface area contributed by atoms with Crippen LogP contribution >= 0.6 is 0 Å². The van der Waals surface area contributed by atoms with Gasteiger partial charge in [0.1, 0.15) is 5.58 Å². The summed E-state index contributed by atoms with van der Waals surface area (Å²) in [6, 6.07) is 17.2. The summed E-state index contributed by atoms with van der Waals surface area (Å²) in [6.07, 6.45) is 6.05. The highest BCUT2D eigenvalue weighted by Crippen LogP contribution is 2.31. The Balaban J connectivity index is 1.75. The van der Waals surface area contributed by atoms with Gasteiger partial charge in [-0.2, -0.15) is 0 Å². The molecule has 0 aliphatic heterocycles. The third kappa shape index (κ3) is 4.45. The van der Waals surface area contributed by atoms with Crippen LogP contribution in [0.4, 0.5) is 11.4 Å². The molecule has 3 aromatic rings. The number of anilines is 2. The maximum absolute atomic E-state index is 12.7. The molecular formula is C22H26N2O2. The van der Waals surface area contributed by atoms with Gasteiger partial charge in [-0.25, -0.2) is 0 Å². The second-order valence-corrected chi connectivity index (χ2v) is 6.46. The number of carbonyl (C=O) groups is 1. The van der Waals surface area contributed by atoms with Crippen molar-refractivity contribution in [3.05, 3.63) is 60.4 Å². The number of fused-ring (bicyclic) bond motifs is 1. The summed E-state index contributed by atoms with van der Waals surface area (Å²) in [7, 11) is 0. The third-order valence-corrected chi connectivity index (χ3v) is 4.42. The number of hydrogen-bond donors (Lipinski definition) is 2. The first kappa shape index (κ1) is 18.1. The normalized spacial score (nSPS) is 10.8. The van der Waals surface area contributed by atoms with Crippen LogP contribution in [0.25, 0.3) is 11.0 Å². The maximum atomic E-state index is 12.7. The number of rotatable bonds is 9. The summed E-state index contributed by atoms with van der Waals surface area (Å²) in [5, 5.41) is 7.27. The van der Waals surface area contributed by atoms with Crippen molar-refractivity contribution >= 4 is 28.3 Å². The lowest BCUT2D eigenvalue weighted by Crippen LogP contribution is -2.14. The monoisotopic (exact) mass is 350 g/mol. The van der Waals surface area contributed by atoms with Crippen molar-refractivity contribution in [3.8, 4) is 0 Å². The van der Waals surface area contributed by atoms with E-state index in [0.29, 0.717) is 5.76 Å². The van der Waals surface area contributed by atoms with E-state index in [1.807, 2.05) is 54.6 Å². The number of unbranched alkanes of at least 4 members (excludes halogenated alkanes) is 4. The molecule has 136 valence electrons. The van der Waals surface area contributed by atoms with Gasteiger partial charge in [0, 0.05) is 17.6 Å². The van der Waals surface area contributed by atoms with Crippen LogP contribution in [0.3, 0.4) is 0 Å². The molecule has 0 unspecified atom stereocenters. The van der Waals surface area contributed by atoms with Gasteiger partial charge in [-0.1, -0.05) is 62.9 Å². The van der Waals surface area contributed by atoms with Crippen LogP contribution in [0.5, 0.6) is 0 Å². The second-order valence-electron chi connectivity index (χ2n) is 6.46. The van der Waals surface area contributed by atoms with Crippen molar-refractivity contribution in [2.75, 3.05) is 17.2 Å². The Kier molecular flexibility index (Phi) is 6.31. The molecular weight excluding hydrogens is 324 g/mol. The van der Waals surface area contributed by atoms with E-state index in [1.165, 1.54) is 25.7 Å². The molecule has 2 aromatic carbocycles. The minimum atomic E-state index is -0.235. The minimum absolute atomic E-state index is 0.235. The van der Waals surface area contributed by atoms with E-state index < -0.39 is 0 Å². The fourth-order valence-electron chi connectivity index (χ4n) is 3.03. The summed E-state index contributed by atoms with van der Waals surface area (Å²) in [5.74, 6) is 0.101. The zero-order valence-corrected chi connectivity index (χ0v) is 15.3. The molecule has 0 bridgehead atoms. The van der Waals surface area contributed by atoms with Gasteiger partial charge in [-0.15, -0.1) is 0 Å². The van der Waals surface area contributed by atoms with Crippen molar-refractivity contribution in [3.63, 3.8) is 0 Å². The van der Waals surface area contributed by atoms with E-state index in [9.17, 15) is 4.79 Å². The summed E-state index contributed by atoms with van der Waals surface area (Å²) < 4.78 is 5.85. The Morgan fingerprint density at radius 1 is 0.923 bits per heavy atom. The molecule has 0 saturated carbocycles. The lowest BCUT2D eigenvalue weighted by atomic mass is 10.1. The Bertz CT molecular complexity index is 840. The minimum Gasteiger partial charge on any atom is -0.449 e. The first-order chi connectivity index (χ1) is 12.8. The number of carbonyl (C=O) groups excluding carboxylic acids is 1. The zero-order valence-electron chi connectivity index (χ0n) is 15.3. The molecule has 1 aromatic heterocycles. The quantitative estimate of drug-likeness (QED) is 0.461. The van der Waals surface area contributed by atoms with Gasteiger partial charge in [0.25, 0.3) is 5.91 Å². The van der Waals surface area contributed by atoms with Crippen LogP contribution in [-0.4, -0.2) is 12.5 Å². The van der Waals surface area contributed by atoms with Gasteiger partial charge in [0.15, 0.2) is 0 Å². The number of furan rings is 1. The standard InChI is InChI=1S/C22H26N2O2/c1-2-3-4-5-11-16-23-20-18-14-9-10-15-19(18)26-21(20)22(25)24-17-12-7-6-8-13-17/h6-10,12-15,23H,2-5,11,16H2,1H3,(H,24,25). The van der Waals surface area contributed by atoms with E-state index in [-0.39, 0.29) is 5.91 Å². The molecule has 1 heterocycles. The lowest BCUT2D eigenvalue weighted by molar-refractivity contribution is 0.0999. The van der Waals surface area contributed by atoms with Gasteiger partial charge in [0.2, 0.25) is 5.76 Å². The summed E-state index contributed by atoms with van der Waals surface area (Å²) in [6.45, 7) is 3.05. The summed E-state index contributed by atoms with van der Waals surface area (Å²) >= 11 is 0. The van der Waals surface area contributed by atoms with Crippen molar-refractivity contribution in [2.24, 2.45) is 0 Å². The number of benzene rings is 2. The fourth-order valence-corrected chi connectivity index (χ4v) is 3.03. The van der Waals surface area contributed by atoms with Gasteiger partial charge < -0.3 is 15.1 Å². The van der Waals surface area contributed by atoms with Crippen molar-refractivity contribution in [1.29, 1.82) is 0 Å². The average molecular weight is 350 g/mol. The molecule has 2 N–H and O–H groups in total. The molecule has 26 heavy (non-hydrogen) atoms. The van der Waals surface area contributed by atoms with Crippen LogP contribution in [0.2, 0.25) is 0 Å². The Hall–Kier alpha value is -2.75. The maximum Gasteiger partial charge on any atom is 0.293 e. The molecule has 0 atom stereocenters. The van der Waals surface area contributed by atoms with Gasteiger partial charge in [-0.05, 0) is 30.7 Å². The van der Waals surface area contributed by atoms with Crippen LogP contribution in [0.15, 0.2) is 59.0 Å². The number of amides is 1. The van der Waals surface area contributed by atoms with E-state index >= 15 is 0 Å². The molecule has 0 radical (unpaired) electrons. The molecule has 0 fully saturated rings. The average Bonchev–Trinajstić information content (AvgIpc) is 3.04. The molecule has 4 nitrogen and oxygen atoms in total. The Labute approximate surface area is 154 Å². The first-order valence-electron chi connectivity index (χ1n) is 9.41. The van der Waals surface area contributed by atoms with Gasteiger partial charge in [-0.3, -0.25) is 4.79 Å². The fraction of sp³-hybridized carbons (Fsp3) is 0.318. The highest BCUT2D eigenvalue weighted by molar-refractivity contribution is 6.11. The van der Waals surface area contributed by atoms with Crippen molar-refractivity contribution in [1.82, 2.24) is 0 Å². The molecule has 0 spiro atoms. The van der Waals surface area contributed by atoms with Crippen LogP contribution in [0.1, 0.15) is 49.6 Å². The van der Waals surface area contributed by atoms with Crippen LogP contribution in [0, 0.1) is 0 Å². The summed E-state index contributed by atoms with van der Waals surface area (Å²) in [5.41, 5.74) is 2.26. The molecule has 0 aliphatic carbocycles. The van der Waals surface area contributed by atoms with E-state index in [0.717, 1.165) is 35.3 Å². The number of para-hydroxylation sites is 2. The Morgan fingerprint density at radius 2 is 1.65 bits per heavy atom. The van der Waals surface area contributed by atoms with Gasteiger partial charge >= 0.3 is 0 Å². The second kappa shape index (κ2) is 9.09. The molecule has 4 heteroatoms. The van der Waals surface area contributed by atoms with Crippen molar-refractivity contribution < 1.29 is 9.21 Å². The van der Waals surface area contributed by atoms with Gasteiger partial charge in [0.05, 0.1) is 5.69 Å². The largest absolute Gasteiger partial charge is 0.449 e. The lowest BCUT2D eigenvalue weighted by Gasteiger charge is -2.08. The SMILES string of the molecule is CCCCCCCNc1c(C(=O)Nc2ccccc2)oc2ccccc12. The molecule has 3 rings (SSSR count). The third-order valence-electron chi connectivity index (χ3n) is 4.42. The number of hydrogen-bond acceptors (Lipinski definition) is 3. The number of nitrogens with one attached hydrogen (secondary N) is 2. The summed E-state index contributed by atoms with van der Waals surface area (Å²) in [4.78, 5) is 12.7. The highest BCUT2D eigenvalue weighted by Gasteiger charge is 2.20. The molecule has 0 aliphatic rings. The first-order valence-corrected chi connectivity index (χ1v) is 9.41. The van der Waals surface area contributed by atoms with Crippen LogP contribution in [-0.2, 0) is 0 Å². The van der Waals surface area contributed by atoms with E-state index in [4.69, 9.17) is 4.42 Å². The van der Waals surface area contributed by atoms with Crippen LogP contribution < -0.4 is 10.6 Å². The van der Waals surface area contributed by atoms with E-state index in [1.54, 1.807) is 0 Å². The topological polar surface area (TPSA) is 54.3 Å². The van der Waals surface area contributed by atoms with E-state index in [2.05, 4.69) is 17.6 Å². The molecule has 0 saturated heterocycles. The zero-order chi connectivity index (χ0) is 18.2. The predicted octanol–water partition coefficient (Wildman–Crippen LogP) is 6.07. The molecule has 1 amide bonds. The Morgan fingerprint density at radius 3 is 2.46 bits per heavy atom. The predicted molar refractivity (Wildman–Crippen MR) is 108 cm³/mol. The van der Waals surface area contributed by atoms with Crippen molar-refractivity contribution in [2.45, 2.75) is 39.0 Å².